The van der Waals surface area contributed by atoms with Crippen LogP contribution in [-0.4, -0.2) is 24.7 Å². The van der Waals surface area contributed by atoms with Gasteiger partial charge in [0.05, 0.1) is 13.0 Å². The lowest BCUT2D eigenvalue weighted by Crippen LogP contribution is -2.17. The van der Waals surface area contributed by atoms with Crippen molar-refractivity contribution in [2.24, 2.45) is 5.92 Å². The predicted octanol–water partition coefficient (Wildman–Crippen LogP) is 1.99. The number of aryl methyl sites for hydroxylation is 1. The summed E-state index contributed by atoms with van der Waals surface area (Å²) in [4.78, 5) is 11.0. The van der Waals surface area contributed by atoms with Crippen molar-refractivity contribution in [2.75, 3.05) is 13.7 Å². The second kappa shape index (κ2) is 5.40. The van der Waals surface area contributed by atoms with Crippen molar-refractivity contribution in [3.8, 4) is 5.75 Å². The zero-order valence-corrected chi connectivity index (χ0v) is 10.8. The molecule has 0 radical (unpaired) electrons. The molecule has 2 N–H and O–H groups in total. The Morgan fingerprint density at radius 1 is 1.56 bits per heavy atom. The van der Waals surface area contributed by atoms with E-state index in [1.54, 1.807) is 7.11 Å². The summed E-state index contributed by atoms with van der Waals surface area (Å²) in [6, 6.07) is 6.20. The molecular weight excluding hydrogens is 230 g/mol. The third-order valence-electron chi connectivity index (χ3n) is 3.56. The maximum atomic E-state index is 11.0. The summed E-state index contributed by atoms with van der Waals surface area (Å²) >= 11 is 0. The summed E-state index contributed by atoms with van der Waals surface area (Å²) in [5.74, 6) is -0.198. The van der Waals surface area contributed by atoms with Crippen molar-refractivity contribution in [2.45, 2.75) is 25.8 Å². The molecule has 4 nitrogen and oxygen atoms in total. The molecule has 4 heteroatoms. The third kappa shape index (κ3) is 2.48. The smallest absolute Gasteiger partial charge is 0.307 e. The Kier molecular flexibility index (Phi) is 3.87. The number of nitrogens with one attached hydrogen (secondary N) is 1. The molecule has 1 aliphatic rings. The maximum absolute atomic E-state index is 11.0. The Hall–Kier alpha value is -1.55. The molecular formula is C14H19NO3. The van der Waals surface area contributed by atoms with E-state index in [9.17, 15) is 4.79 Å². The minimum atomic E-state index is -0.726. The Morgan fingerprint density at radius 2 is 2.33 bits per heavy atom. The fourth-order valence-corrected chi connectivity index (χ4v) is 2.44. The van der Waals surface area contributed by atoms with Gasteiger partial charge in [0.15, 0.2) is 0 Å². The Morgan fingerprint density at radius 3 is 2.89 bits per heavy atom. The topological polar surface area (TPSA) is 58.6 Å². The van der Waals surface area contributed by atoms with Gasteiger partial charge in [0.1, 0.15) is 5.75 Å². The molecule has 2 atom stereocenters. The van der Waals surface area contributed by atoms with Crippen LogP contribution in [0.2, 0.25) is 0 Å². The van der Waals surface area contributed by atoms with Gasteiger partial charge in [-0.3, -0.25) is 4.79 Å². The molecule has 1 aromatic rings. The van der Waals surface area contributed by atoms with Crippen LogP contribution in [0, 0.1) is 5.92 Å². The summed E-state index contributed by atoms with van der Waals surface area (Å²) < 4.78 is 5.37. The van der Waals surface area contributed by atoms with Gasteiger partial charge in [0, 0.05) is 18.2 Å². The Labute approximate surface area is 107 Å². The highest BCUT2D eigenvalue weighted by Crippen LogP contribution is 2.34. The lowest BCUT2D eigenvalue weighted by Gasteiger charge is -2.16. The molecule has 18 heavy (non-hydrogen) atoms. The lowest BCUT2D eigenvalue weighted by molar-refractivity contribution is -0.141. The highest BCUT2D eigenvalue weighted by molar-refractivity contribution is 5.71. The minimum Gasteiger partial charge on any atom is -0.496 e. The number of carboxylic acid groups (broad SMARTS) is 1. The number of aliphatic carboxylic acids is 1. The average molecular weight is 249 g/mol. The van der Waals surface area contributed by atoms with E-state index in [1.807, 2.05) is 12.1 Å². The number of ether oxygens (including phenoxy) is 1. The number of hydrogen-bond donors (Lipinski definition) is 2. The predicted molar refractivity (Wildman–Crippen MR) is 68.9 cm³/mol. The fourth-order valence-electron chi connectivity index (χ4n) is 2.44. The first-order chi connectivity index (χ1) is 8.65. The molecule has 0 amide bonds. The number of methoxy groups -OCH3 is 1. The molecule has 0 spiro atoms. The molecule has 0 aromatic heterocycles. The minimum absolute atomic E-state index is 0.0764. The van der Waals surface area contributed by atoms with Crippen LogP contribution in [0.5, 0.6) is 5.75 Å². The Balaban J connectivity index is 2.24. The first-order valence-electron chi connectivity index (χ1n) is 6.28. The van der Waals surface area contributed by atoms with Crippen LogP contribution >= 0.6 is 0 Å². The largest absolute Gasteiger partial charge is 0.496 e. The van der Waals surface area contributed by atoms with Crippen LogP contribution in [0.3, 0.4) is 0 Å². The standard InChI is InChI=1S/C14H19NO3/c1-3-9-4-5-13(18-2)11(6-9)12-7-10(8-15-12)14(16)17/h4-6,10,12,15H,3,7-8H2,1-2H3,(H,16,17). The van der Waals surface area contributed by atoms with Crippen molar-refractivity contribution in [3.05, 3.63) is 29.3 Å². The molecule has 98 valence electrons. The van der Waals surface area contributed by atoms with Crippen molar-refractivity contribution in [3.63, 3.8) is 0 Å². The second-order valence-corrected chi connectivity index (χ2v) is 4.66. The van der Waals surface area contributed by atoms with Crippen LogP contribution in [-0.2, 0) is 11.2 Å². The van der Waals surface area contributed by atoms with Gasteiger partial charge in [-0.05, 0) is 24.5 Å². The summed E-state index contributed by atoms with van der Waals surface area (Å²) in [6.07, 6.45) is 1.59. The molecule has 1 fully saturated rings. The van der Waals surface area contributed by atoms with Crippen molar-refractivity contribution >= 4 is 5.97 Å². The summed E-state index contributed by atoms with van der Waals surface area (Å²) in [6.45, 7) is 2.63. The highest BCUT2D eigenvalue weighted by Gasteiger charge is 2.31. The first kappa shape index (κ1) is 12.9. The van der Waals surface area contributed by atoms with Gasteiger partial charge in [-0.25, -0.2) is 0 Å². The van der Waals surface area contributed by atoms with E-state index < -0.39 is 5.97 Å². The summed E-state index contributed by atoms with van der Waals surface area (Å²) in [5, 5.41) is 12.3. The van der Waals surface area contributed by atoms with Crippen LogP contribution in [0.25, 0.3) is 0 Å². The third-order valence-corrected chi connectivity index (χ3v) is 3.56. The van der Waals surface area contributed by atoms with Crippen molar-refractivity contribution in [1.82, 2.24) is 5.32 Å². The lowest BCUT2D eigenvalue weighted by atomic mass is 9.97. The van der Waals surface area contributed by atoms with Crippen molar-refractivity contribution < 1.29 is 14.6 Å². The van der Waals surface area contributed by atoms with Gasteiger partial charge in [-0.15, -0.1) is 0 Å². The molecule has 1 aliphatic heterocycles. The van der Waals surface area contributed by atoms with E-state index in [0.717, 1.165) is 17.7 Å². The normalized spacial score (nSPS) is 23.0. The molecule has 0 bridgehead atoms. The van der Waals surface area contributed by atoms with Gasteiger partial charge >= 0.3 is 5.97 Å². The van der Waals surface area contributed by atoms with E-state index in [1.165, 1.54) is 5.56 Å². The molecule has 2 unspecified atom stereocenters. The molecule has 1 aromatic carbocycles. The van der Waals surface area contributed by atoms with Crippen LogP contribution in [0.4, 0.5) is 0 Å². The Bertz CT molecular complexity index is 445. The van der Waals surface area contributed by atoms with Gasteiger partial charge < -0.3 is 15.2 Å². The van der Waals surface area contributed by atoms with Crippen LogP contribution < -0.4 is 10.1 Å². The fraction of sp³-hybridized carbons (Fsp3) is 0.500. The van der Waals surface area contributed by atoms with Gasteiger partial charge in [-0.2, -0.15) is 0 Å². The van der Waals surface area contributed by atoms with Crippen molar-refractivity contribution in [1.29, 1.82) is 0 Å². The molecule has 2 rings (SSSR count). The monoisotopic (exact) mass is 249 g/mol. The number of carboxylic acids is 1. The number of benzene rings is 1. The summed E-state index contributed by atoms with van der Waals surface area (Å²) in [5.41, 5.74) is 2.31. The molecule has 1 saturated heterocycles. The number of carbonyl (C=O) groups is 1. The first-order valence-corrected chi connectivity index (χ1v) is 6.28. The SMILES string of the molecule is CCc1ccc(OC)c(C2CC(C(=O)O)CN2)c1. The van der Waals surface area contributed by atoms with Gasteiger partial charge in [0.25, 0.3) is 0 Å². The van der Waals surface area contributed by atoms with E-state index in [2.05, 4.69) is 18.3 Å². The zero-order valence-electron chi connectivity index (χ0n) is 10.8. The van der Waals surface area contributed by atoms with E-state index in [4.69, 9.17) is 9.84 Å². The maximum Gasteiger partial charge on any atom is 0.307 e. The molecule has 0 aliphatic carbocycles. The summed E-state index contributed by atoms with van der Waals surface area (Å²) in [7, 11) is 1.65. The molecule has 1 heterocycles. The van der Waals surface area contributed by atoms with Crippen LogP contribution in [0.1, 0.15) is 30.5 Å². The highest BCUT2D eigenvalue weighted by atomic mass is 16.5. The average Bonchev–Trinajstić information content (AvgIpc) is 2.87. The van der Waals surface area contributed by atoms with Crippen LogP contribution in [0.15, 0.2) is 18.2 Å². The van der Waals surface area contributed by atoms with E-state index in [0.29, 0.717) is 13.0 Å². The van der Waals surface area contributed by atoms with Gasteiger partial charge in [-0.1, -0.05) is 19.1 Å². The van der Waals surface area contributed by atoms with E-state index >= 15 is 0 Å². The number of rotatable bonds is 4. The molecule has 0 saturated carbocycles. The number of hydrogen-bond acceptors (Lipinski definition) is 3. The van der Waals surface area contributed by atoms with E-state index in [-0.39, 0.29) is 12.0 Å². The second-order valence-electron chi connectivity index (χ2n) is 4.66. The quantitative estimate of drug-likeness (QED) is 0.856. The zero-order chi connectivity index (χ0) is 13.1. The van der Waals surface area contributed by atoms with Gasteiger partial charge in [0.2, 0.25) is 0 Å².